The Morgan fingerprint density at radius 1 is 1.03 bits per heavy atom. The molecular weight excluding hydrogens is 382 g/mol. The van der Waals surface area contributed by atoms with E-state index in [0.717, 1.165) is 48.6 Å². The molecule has 1 N–H and O–H groups in total. The molecule has 2 heterocycles. The molecule has 0 radical (unpaired) electrons. The van der Waals surface area contributed by atoms with E-state index in [1.54, 1.807) is 32.4 Å². The number of benzene rings is 2. The van der Waals surface area contributed by atoms with Gasteiger partial charge in [0.2, 0.25) is 0 Å². The maximum atomic E-state index is 12.8. The Kier molecular flexibility index (Phi) is 5.72. The maximum Gasteiger partial charge on any atom is 0.255 e. The average molecular weight is 407 g/mol. The van der Waals surface area contributed by atoms with Gasteiger partial charge in [0.25, 0.3) is 5.91 Å². The van der Waals surface area contributed by atoms with Crippen molar-refractivity contribution in [3.05, 3.63) is 53.6 Å². The number of morpholine rings is 1. The maximum absolute atomic E-state index is 12.8. The highest BCUT2D eigenvalue weighted by molar-refractivity contribution is 6.05. The fourth-order valence-electron chi connectivity index (χ4n) is 3.55. The first-order valence-electron chi connectivity index (χ1n) is 9.86. The first-order chi connectivity index (χ1) is 14.6. The van der Waals surface area contributed by atoms with Crippen LogP contribution in [-0.2, 0) is 4.74 Å². The number of aryl methyl sites for hydroxylation is 1. The van der Waals surface area contributed by atoms with E-state index < -0.39 is 0 Å². The van der Waals surface area contributed by atoms with Gasteiger partial charge in [0.1, 0.15) is 17.3 Å². The second-order valence-electron chi connectivity index (χ2n) is 7.18. The van der Waals surface area contributed by atoms with E-state index in [0.29, 0.717) is 22.7 Å². The molecule has 7 nitrogen and oxygen atoms in total. The van der Waals surface area contributed by atoms with Crippen molar-refractivity contribution < 1.29 is 19.0 Å². The minimum absolute atomic E-state index is 0.234. The SMILES string of the molecule is COc1cc(OC)cc(C(=O)Nc2ccc3nc(N4CCOCC4)cc(C)c3c2)c1. The van der Waals surface area contributed by atoms with Gasteiger partial charge in [0, 0.05) is 35.8 Å². The number of nitrogens with one attached hydrogen (secondary N) is 1. The molecule has 1 aliphatic heterocycles. The number of nitrogens with zero attached hydrogens (tertiary/aromatic N) is 2. The van der Waals surface area contributed by atoms with Crippen molar-refractivity contribution in [1.82, 2.24) is 4.98 Å². The summed E-state index contributed by atoms with van der Waals surface area (Å²) in [6.07, 6.45) is 0. The van der Waals surface area contributed by atoms with Gasteiger partial charge in [0.05, 0.1) is 33.0 Å². The molecule has 3 aromatic rings. The third-order valence-corrected chi connectivity index (χ3v) is 5.21. The summed E-state index contributed by atoms with van der Waals surface area (Å²) in [4.78, 5) is 19.8. The lowest BCUT2D eigenvalue weighted by Crippen LogP contribution is -2.36. The van der Waals surface area contributed by atoms with Crippen LogP contribution in [0.3, 0.4) is 0 Å². The molecule has 1 fully saturated rings. The number of ether oxygens (including phenoxy) is 3. The monoisotopic (exact) mass is 407 g/mol. The van der Waals surface area contributed by atoms with E-state index in [1.165, 1.54) is 0 Å². The number of fused-ring (bicyclic) bond motifs is 1. The predicted molar refractivity (Wildman–Crippen MR) is 117 cm³/mol. The minimum Gasteiger partial charge on any atom is -0.497 e. The van der Waals surface area contributed by atoms with E-state index in [2.05, 4.69) is 23.2 Å². The zero-order valence-electron chi connectivity index (χ0n) is 17.4. The fraction of sp³-hybridized carbons (Fsp3) is 0.304. The molecule has 0 spiro atoms. The number of aromatic nitrogens is 1. The van der Waals surface area contributed by atoms with E-state index in [1.807, 2.05) is 18.2 Å². The number of hydrogen-bond donors (Lipinski definition) is 1. The highest BCUT2D eigenvalue weighted by Gasteiger charge is 2.15. The summed E-state index contributed by atoms with van der Waals surface area (Å²) in [5, 5.41) is 3.96. The lowest BCUT2D eigenvalue weighted by molar-refractivity contribution is 0.102. The molecule has 1 saturated heterocycles. The number of rotatable bonds is 5. The van der Waals surface area contributed by atoms with Gasteiger partial charge in [-0.3, -0.25) is 4.79 Å². The minimum atomic E-state index is -0.234. The Balaban J connectivity index is 1.59. The Morgan fingerprint density at radius 2 is 1.73 bits per heavy atom. The van der Waals surface area contributed by atoms with Gasteiger partial charge in [0.15, 0.2) is 0 Å². The smallest absolute Gasteiger partial charge is 0.255 e. The molecule has 1 amide bonds. The van der Waals surface area contributed by atoms with Gasteiger partial charge in [-0.1, -0.05) is 0 Å². The number of amides is 1. The fourth-order valence-corrected chi connectivity index (χ4v) is 3.55. The summed E-state index contributed by atoms with van der Waals surface area (Å²) in [7, 11) is 3.11. The normalized spacial score (nSPS) is 13.9. The molecule has 1 aliphatic rings. The van der Waals surface area contributed by atoms with Crippen LogP contribution in [0.4, 0.5) is 11.5 Å². The molecular formula is C23H25N3O4. The van der Waals surface area contributed by atoms with Gasteiger partial charge in [-0.15, -0.1) is 0 Å². The van der Waals surface area contributed by atoms with Gasteiger partial charge in [-0.25, -0.2) is 4.98 Å². The summed E-state index contributed by atoms with van der Waals surface area (Å²) in [6.45, 7) is 5.19. The molecule has 0 aliphatic carbocycles. The number of pyridine rings is 1. The predicted octanol–water partition coefficient (Wildman–Crippen LogP) is 3.65. The van der Waals surface area contributed by atoms with Crippen molar-refractivity contribution in [1.29, 1.82) is 0 Å². The Hall–Kier alpha value is -3.32. The molecule has 4 rings (SSSR count). The van der Waals surface area contributed by atoms with Crippen LogP contribution in [0, 0.1) is 6.92 Å². The van der Waals surface area contributed by atoms with Gasteiger partial charge in [-0.05, 0) is 48.9 Å². The standard InChI is InChI=1S/C23H25N3O4/c1-15-10-22(26-6-8-30-9-7-26)25-21-5-4-17(13-20(15)21)24-23(27)16-11-18(28-2)14-19(12-16)29-3/h4-5,10-14H,6-9H2,1-3H3,(H,24,27). The van der Waals surface area contributed by atoms with E-state index in [-0.39, 0.29) is 5.91 Å². The van der Waals surface area contributed by atoms with Crippen LogP contribution in [0.2, 0.25) is 0 Å². The van der Waals surface area contributed by atoms with Crippen LogP contribution in [-0.4, -0.2) is 51.4 Å². The largest absolute Gasteiger partial charge is 0.497 e. The van der Waals surface area contributed by atoms with Crippen molar-refractivity contribution in [2.45, 2.75) is 6.92 Å². The van der Waals surface area contributed by atoms with Crippen molar-refractivity contribution in [3.8, 4) is 11.5 Å². The van der Waals surface area contributed by atoms with E-state index in [9.17, 15) is 4.79 Å². The van der Waals surface area contributed by atoms with E-state index >= 15 is 0 Å². The third-order valence-electron chi connectivity index (χ3n) is 5.21. The van der Waals surface area contributed by atoms with Crippen molar-refractivity contribution in [2.24, 2.45) is 0 Å². The van der Waals surface area contributed by atoms with Crippen molar-refractivity contribution in [2.75, 3.05) is 50.7 Å². The molecule has 7 heteroatoms. The van der Waals surface area contributed by atoms with E-state index in [4.69, 9.17) is 19.2 Å². The second kappa shape index (κ2) is 8.59. The van der Waals surface area contributed by atoms with Crippen molar-refractivity contribution in [3.63, 3.8) is 0 Å². The summed E-state index contributed by atoms with van der Waals surface area (Å²) >= 11 is 0. The van der Waals surface area contributed by atoms with Crippen LogP contribution in [0.15, 0.2) is 42.5 Å². The Morgan fingerprint density at radius 3 is 2.40 bits per heavy atom. The van der Waals surface area contributed by atoms with Crippen molar-refractivity contribution >= 4 is 28.3 Å². The first-order valence-corrected chi connectivity index (χ1v) is 9.86. The number of methoxy groups -OCH3 is 2. The number of carbonyl (C=O) groups excluding carboxylic acids is 1. The van der Waals surface area contributed by atoms with Gasteiger partial charge >= 0.3 is 0 Å². The molecule has 0 saturated carbocycles. The van der Waals surface area contributed by atoms with Crippen LogP contribution in [0.1, 0.15) is 15.9 Å². The first kappa shape index (κ1) is 20.0. The number of hydrogen-bond acceptors (Lipinski definition) is 6. The quantitative estimate of drug-likeness (QED) is 0.696. The molecule has 30 heavy (non-hydrogen) atoms. The average Bonchev–Trinajstić information content (AvgIpc) is 2.79. The van der Waals surface area contributed by atoms with Crippen LogP contribution >= 0.6 is 0 Å². The number of carbonyl (C=O) groups is 1. The topological polar surface area (TPSA) is 72.9 Å². The number of anilines is 2. The van der Waals surface area contributed by atoms with Crippen LogP contribution in [0.25, 0.3) is 10.9 Å². The third kappa shape index (κ3) is 4.16. The lowest BCUT2D eigenvalue weighted by Gasteiger charge is -2.28. The molecule has 1 aromatic heterocycles. The van der Waals surface area contributed by atoms with Gasteiger partial charge in [-0.2, -0.15) is 0 Å². The zero-order valence-corrected chi connectivity index (χ0v) is 17.4. The summed E-state index contributed by atoms with van der Waals surface area (Å²) < 4.78 is 15.9. The Labute approximate surface area is 175 Å². The lowest BCUT2D eigenvalue weighted by atomic mass is 10.1. The molecule has 156 valence electrons. The van der Waals surface area contributed by atoms with Gasteiger partial charge < -0.3 is 24.4 Å². The molecule has 0 unspecified atom stereocenters. The van der Waals surface area contributed by atoms with Crippen LogP contribution in [0.5, 0.6) is 11.5 Å². The second-order valence-corrected chi connectivity index (χ2v) is 7.18. The summed E-state index contributed by atoms with van der Waals surface area (Å²) in [6, 6.07) is 12.9. The highest BCUT2D eigenvalue weighted by atomic mass is 16.5. The Bertz CT molecular complexity index is 1060. The molecule has 0 bridgehead atoms. The molecule has 0 atom stereocenters. The summed E-state index contributed by atoms with van der Waals surface area (Å²) in [5.74, 6) is 1.85. The highest BCUT2D eigenvalue weighted by Crippen LogP contribution is 2.27. The molecule has 2 aromatic carbocycles. The zero-order chi connectivity index (χ0) is 21.1. The summed E-state index contributed by atoms with van der Waals surface area (Å²) in [5.41, 5.74) is 3.18. The van der Waals surface area contributed by atoms with Crippen LogP contribution < -0.4 is 19.7 Å².